The maximum Gasteiger partial charge on any atom is 0.0978 e. The zero-order valence-corrected chi connectivity index (χ0v) is 42.3. The molecule has 2 aliphatic heterocycles. The van der Waals surface area contributed by atoms with Gasteiger partial charge in [-0.1, -0.05) is 224 Å². The van der Waals surface area contributed by atoms with Crippen LogP contribution in [0.3, 0.4) is 0 Å². The standard InChI is InChI=1S/C71H50N6/c1-77-67(51-30-18-7-19-31-51)43-61(57-37-36-55-59(47-22-10-3-11-23-47)41-65(76-70(55)71(57)77)49-26-14-5-15-27-49)63-39-33-53(45-73-63)52-32-38-62(72-44-52)60-42-66(50-28-16-6-17-29-50)75-69-56(60)35-34-54-58(46-20-8-2-9-21-46)40-64(74-68(54)69)48-24-12-4-13-25-48/h2-45,62,71-72H,1H3. The minimum absolute atomic E-state index is 0.133. The van der Waals surface area contributed by atoms with E-state index in [9.17, 15) is 0 Å². The van der Waals surface area contributed by atoms with Gasteiger partial charge >= 0.3 is 0 Å². The highest BCUT2D eigenvalue weighted by Gasteiger charge is 2.36. The Bertz CT molecular complexity index is 4210. The highest BCUT2D eigenvalue weighted by Crippen LogP contribution is 2.49. The summed E-state index contributed by atoms with van der Waals surface area (Å²) in [5.74, 6) is 0. The third-order valence-corrected chi connectivity index (χ3v) is 15.3. The molecule has 11 aromatic rings. The number of hydrogen-bond donors (Lipinski definition) is 1. The molecular formula is C71H50N6. The lowest BCUT2D eigenvalue weighted by Crippen LogP contribution is -2.31. The molecule has 77 heavy (non-hydrogen) atoms. The Morgan fingerprint density at radius 1 is 0.442 bits per heavy atom. The second-order valence-electron chi connectivity index (χ2n) is 19.8. The van der Waals surface area contributed by atoms with Crippen LogP contribution in [0.2, 0.25) is 0 Å². The Balaban J connectivity index is 0.841. The molecule has 0 saturated heterocycles. The summed E-state index contributed by atoms with van der Waals surface area (Å²) in [5.41, 5.74) is 23.0. The van der Waals surface area contributed by atoms with Crippen LogP contribution in [0.5, 0.6) is 0 Å². The van der Waals surface area contributed by atoms with E-state index >= 15 is 0 Å². The first-order valence-electron chi connectivity index (χ1n) is 26.2. The average molecular weight is 987 g/mol. The topological polar surface area (TPSA) is 66.8 Å². The first-order valence-corrected chi connectivity index (χ1v) is 26.2. The summed E-state index contributed by atoms with van der Waals surface area (Å²) in [5, 5.41) is 5.91. The predicted octanol–water partition coefficient (Wildman–Crippen LogP) is 16.7. The summed E-state index contributed by atoms with van der Waals surface area (Å²) >= 11 is 0. The molecule has 3 aliphatic rings. The van der Waals surface area contributed by atoms with Gasteiger partial charge in [0.1, 0.15) is 0 Å². The monoisotopic (exact) mass is 986 g/mol. The number of hydrogen-bond acceptors (Lipinski definition) is 6. The van der Waals surface area contributed by atoms with Gasteiger partial charge < -0.3 is 10.2 Å². The van der Waals surface area contributed by atoms with Crippen LogP contribution in [-0.2, 0) is 0 Å². The fraction of sp³-hybridized carbons (Fsp3) is 0.0423. The van der Waals surface area contributed by atoms with Gasteiger partial charge in [-0.3, -0.25) is 4.98 Å². The fourth-order valence-electron chi connectivity index (χ4n) is 11.4. The summed E-state index contributed by atoms with van der Waals surface area (Å²) in [7, 11) is 2.20. The molecule has 0 saturated carbocycles. The number of allylic oxidation sites excluding steroid dienone is 4. The number of benzene rings is 7. The van der Waals surface area contributed by atoms with Crippen molar-refractivity contribution in [3.8, 4) is 56.0 Å². The summed E-state index contributed by atoms with van der Waals surface area (Å²) in [6.07, 6.45) is 15.4. The highest BCUT2D eigenvalue weighted by molar-refractivity contribution is 6.11. The van der Waals surface area contributed by atoms with Crippen LogP contribution in [0.4, 0.5) is 0 Å². The molecule has 0 spiro atoms. The van der Waals surface area contributed by atoms with Crippen molar-refractivity contribution in [2.45, 2.75) is 12.1 Å². The average Bonchev–Trinajstić information content (AvgIpc) is 3.58. The van der Waals surface area contributed by atoms with Gasteiger partial charge in [0.05, 0.1) is 51.6 Å². The minimum atomic E-state index is -0.166. The van der Waals surface area contributed by atoms with Gasteiger partial charge in [-0.05, 0) is 74.9 Å². The summed E-state index contributed by atoms with van der Waals surface area (Å²) in [6.45, 7) is 0. The van der Waals surface area contributed by atoms with Crippen LogP contribution < -0.4 is 5.32 Å². The van der Waals surface area contributed by atoms with E-state index in [0.29, 0.717) is 0 Å². The SMILES string of the molecule is CN1C(c2ccccc2)=CC(c2ccc(C3=CNC(c4cc(-c5ccccc5)nc5c4ccc4c(-c6ccccc6)cc(-c6ccccc6)nc45)C=C3)cn2)=C2C=Cc3c(-c4ccccc4)cc(-c4ccccc4)nc3C21. The second kappa shape index (κ2) is 19.3. The second-order valence-corrected chi connectivity index (χ2v) is 19.8. The molecule has 7 aromatic carbocycles. The van der Waals surface area contributed by atoms with Crippen molar-refractivity contribution in [3.63, 3.8) is 0 Å². The fourth-order valence-corrected chi connectivity index (χ4v) is 11.4. The zero-order valence-electron chi connectivity index (χ0n) is 42.3. The Kier molecular flexibility index (Phi) is 11.4. The quantitative estimate of drug-likeness (QED) is 0.145. The molecule has 6 heterocycles. The van der Waals surface area contributed by atoms with Crippen LogP contribution in [0.25, 0.3) is 101 Å². The van der Waals surface area contributed by atoms with E-state index < -0.39 is 0 Å². The van der Waals surface area contributed by atoms with E-state index in [-0.39, 0.29) is 12.1 Å². The molecule has 14 rings (SSSR count). The first-order chi connectivity index (χ1) is 38.1. The molecule has 1 N–H and O–H groups in total. The van der Waals surface area contributed by atoms with E-state index in [1.165, 1.54) is 0 Å². The van der Waals surface area contributed by atoms with Gasteiger partial charge in [0.15, 0.2) is 0 Å². The molecule has 0 bridgehead atoms. The van der Waals surface area contributed by atoms with E-state index in [1.54, 1.807) is 0 Å². The Morgan fingerprint density at radius 3 is 1.53 bits per heavy atom. The summed E-state index contributed by atoms with van der Waals surface area (Å²) in [6, 6.07) is 78.5. The first kappa shape index (κ1) is 45.6. The Labute approximate surface area is 448 Å². The van der Waals surface area contributed by atoms with E-state index in [4.69, 9.17) is 19.9 Å². The number of dihydropyridines is 1. The Hall–Kier alpha value is -10.0. The van der Waals surface area contributed by atoms with Crippen molar-refractivity contribution < 1.29 is 0 Å². The van der Waals surface area contributed by atoms with Crippen molar-refractivity contribution in [1.82, 2.24) is 30.2 Å². The molecule has 1 aliphatic carbocycles. The molecule has 2 atom stereocenters. The van der Waals surface area contributed by atoms with Crippen molar-refractivity contribution in [2.75, 3.05) is 7.05 Å². The molecule has 4 aromatic heterocycles. The van der Waals surface area contributed by atoms with Crippen molar-refractivity contribution >= 4 is 44.7 Å². The van der Waals surface area contributed by atoms with Gasteiger partial charge in [0, 0.05) is 69.3 Å². The maximum atomic E-state index is 5.54. The van der Waals surface area contributed by atoms with E-state index in [2.05, 4.69) is 266 Å². The van der Waals surface area contributed by atoms with Crippen LogP contribution in [0.1, 0.15) is 45.7 Å². The zero-order chi connectivity index (χ0) is 51.2. The molecular weight excluding hydrogens is 937 g/mol. The third-order valence-electron chi connectivity index (χ3n) is 15.3. The van der Waals surface area contributed by atoms with Crippen LogP contribution >= 0.6 is 0 Å². The highest BCUT2D eigenvalue weighted by atomic mass is 15.2. The van der Waals surface area contributed by atoms with Crippen molar-refractivity contribution in [3.05, 3.63) is 300 Å². The van der Waals surface area contributed by atoms with E-state index in [0.717, 1.165) is 134 Å². The smallest absolute Gasteiger partial charge is 0.0978 e. The van der Waals surface area contributed by atoms with Crippen LogP contribution in [0, 0.1) is 0 Å². The normalized spacial score (nSPS) is 15.7. The molecule has 0 amide bonds. The Morgan fingerprint density at radius 2 is 0.961 bits per heavy atom. The molecule has 364 valence electrons. The van der Waals surface area contributed by atoms with Gasteiger partial charge in [0.25, 0.3) is 0 Å². The van der Waals surface area contributed by atoms with Crippen LogP contribution in [-0.4, -0.2) is 31.9 Å². The molecule has 6 nitrogen and oxygen atoms in total. The number of fused-ring (bicyclic) bond motifs is 6. The largest absolute Gasteiger partial charge is 0.380 e. The van der Waals surface area contributed by atoms with Gasteiger partial charge in [-0.2, -0.15) is 0 Å². The van der Waals surface area contributed by atoms with Gasteiger partial charge in [-0.25, -0.2) is 15.0 Å². The number of likely N-dealkylation sites (N-methyl/N-ethyl adjacent to an activating group) is 1. The molecule has 0 radical (unpaired) electrons. The predicted molar refractivity (Wildman–Crippen MR) is 317 cm³/mol. The molecule has 6 heteroatoms. The number of rotatable bonds is 9. The summed E-state index contributed by atoms with van der Waals surface area (Å²) in [4.78, 5) is 24.1. The number of nitrogens with one attached hydrogen (secondary N) is 1. The lowest BCUT2D eigenvalue weighted by Gasteiger charge is -2.40. The van der Waals surface area contributed by atoms with Gasteiger partial charge in [-0.15, -0.1) is 0 Å². The minimum Gasteiger partial charge on any atom is -0.380 e. The molecule has 2 unspecified atom stereocenters. The van der Waals surface area contributed by atoms with Gasteiger partial charge in [0.2, 0.25) is 0 Å². The third kappa shape index (κ3) is 8.33. The van der Waals surface area contributed by atoms with Crippen molar-refractivity contribution in [2.24, 2.45) is 0 Å². The number of nitrogens with zero attached hydrogens (tertiary/aromatic N) is 5. The number of aromatic nitrogens is 4. The lowest BCUT2D eigenvalue weighted by molar-refractivity contribution is 0.393. The lowest BCUT2D eigenvalue weighted by atomic mass is 9.81. The maximum absolute atomic E-state index is 5.54. The number of pyridine rings is 4. The molecule has 0 fully saturated rings. The summed E-state index contributed by atoms with van der Waals surface area (Å²) < 4.78 is 0. The van der Waals surface area contributed by atoms with Crippen molar-refractivity contribution in [1.29, 1.82) is 0 Å². The van der Waals surface area contributed by atoms with Crippen LogP contribution in [0.15, 0.2) is 267 Å². The van der Waals surface area contributed by atoms with E-state index in [1.807, 2.05) is 18.3 Å².